The highest BCUT2D eigenvalue weighted by Crippen LogP contribution is 2.26. The van der Waals surface area contributed by atoms with Crippen molar-refractivity contribution < 1.29 is 9.18 Å². The smallest absolute Gasteiger partial charge is 0.286 e. The molecule has 1 amide bonds. The molecule has 1 heterocycles. The average Bonchev–Trinajstić information content (AvgIpc) is 2.83. The first-order valence-corrected chi connectivity index (χ1v) is 7.05. The second-order valence-corrected chi connectivity index (χ2v) is 5.33. The van der Waals surface area contributed by atoms with Crippen LogP contribution in [-0.4, -0.2) is 22.6 Å². The first-order valence-electron chi connectivity index (χ1n) is 5.44. The number of hydrogen-bond donors (Lipinski definition) is 2. The summed E-state index contributed by atoms with van der Waals surface area (Å²) in [5.41, 5.74) is 0.0905. The maximum absolute atomic E-state index is 13.6. The van der Waals surface area contributed by atoms with E-state index >= 15 is 0 Å². The Hall–Kier alpha value is -1.54. The number of halogens is 2. The predicted octanol–water partition coefficient (Wildman–Crippen LogP) is 3.12. The normalized spacial score (nSPS) is 10.3. The third-order valence-electron chi connectivity index (χ3n) is 2.15. The fourth-order valence-corrected chi connectivity index (χ4v) is 2.47. The van der Waals surface area contributed by atoms with Crippen molar-refractivity contribution in [3.8, 4) is 0 Å². The molecule has 0 aliphatic carbocycles. The summed E-state index contributed by atoms with van der Waals surface area (Å²) in [4.78, 5) is 11.9. The first kappa shape index (κ1) is 13.9. The lowest BCUT2D eigenvalue weighted by atomic mass is 10.3. The minimum Gasteiger partial charge on any atom is -0.360 e. The molecule has 0 atom stereocenters. The Morgan fingerprint density at radius 3 is 2.95 bits per heavy atom. The van der Waals surface area contributed by atoms with Crippen LogP contribution in [-0.2, 0) is 0 Å². The maximum Gasteiger partial charge on any atom is 0.286 e. The number of carbonyl (C=O) groups is 1. The Morgan fingerprint density at radius 1 is 1.47 bits per heavy atom. The molecule has 2 N–H and O–H groups in total. The molecule has 19 heavy (non-hydrogen) atoms. The molecular weight excluding hydrogens is 335 g/mol. The summed E-state index contributed by atoms with van der Waals surface area (Å²) < 4.78 is 14.0. The third kappa shape index (κ3) is 3.27. The molecule has 0 aliphatic heterocycles. The highest BCUT2D eigenvalue weighted by atomic mass is 79.9. The summed E-state index contributed by atoms with van der Waals surface area (Å²) in [7, 11) is 0. The van der Waals surface area contributed by atoms with Gasteiger partial charge in [0.15, 0.2) is 0 Å². The molecule has 0 spiro atoms. The van der Waals surface area contributed by atoms with Crippen LogP contribution >= 0.6 is 27.3 Å². The van der Waals surface area contributed by atoms with Crippen molar-refractivity contribution in [1.82, 2.24) is 10.2 Å². The van der Waals surface area contributed by atoms with Gasteiger partial charge in [-0.1, -0.05) is 17.4 Å². The second kappa shape index (κ2) is 6.07. The van der Waals surface area contributed by atoms with Crippen molar-refractivity contribution in [2.75, 3.05) is 17.2 Å². The topological polar surface area (TPSA) is 66.9 Å². The molecule has 0 fully saturated rings. The monoisotopic (exact) mass is 344 g/mol. The summed E-state index contributed by atoms with van der Waals surface area (Å²) in [5.74, 6) is -1.01. The van der Waals surface area contributed by atoms with Crippen molar-refractivity contribution in [3.63, 3.8) is 0 Å². The molecule has 2 aromatic rings. The average molecular weight is 345 g/mol. The Balaban J connectivity index is 2.16. The minimum absolute atomic E-state index is 0.0905. The molecule has 0 saturated carbocycles. The number of hydrogen-bond acceptors (Lipinski definition) is 5. The SMILES string of the molecule is CCNc1nnc(C(=O)Nc2c(F)cccc2Br)s1. The van der Waals surface area contributed by atoms with E-state index in [1.165, 1.54) is 6.07 Å². The molecule has 0 bridgehead atoms. The van der Waals surface area contributed by atoms with Crippen LogP contribution in [0.15, 0.2) is 22.7 Å². The van der Waals surface area contributed by atoms with Crippen LogP contribution in [0, 0.1) is 5.82 Å². The number of benzene rings is 1. The van der Waals surface area contributed by atoms with E-state index < -0.39 is 11.7 Å². The standard InChI is InChI=1S/C11H10BrFN4OS/c1-2-14-11-17-16-10(19-11)9(18)15-8-6(12)4-3-5-7(8)13/h3-5H,2H2,1H3,(H,14,17)(H,15,18). The zero-order valence-corrected chi connectivity index (χ0v) is 12.3. The van der Waals surface area contributed by atoms with Gasteiger partial charge in [0.05, 0.1) is 5.69 Å². The van der Waals surface area contributed by atoms with E-state index in [1.807, 2.05) is 6.92 Å². The zero-order chi connectivity index (χ0) is 13.8. The van der Waals surface area contributed by atoms with Gasteiger partial charge < -0.3 is 10.6 Å². The van der Waals surface area contributed by atoms with Gasteiger partial charge in [-0.2, -0.15) is 0 Å². The van der Waals surface area contributed by atoms with E-state index in [-0.39, 0.29) is 10.7 Å². The zero-order valence-electron chi connectivity index (χ0n) is 9.91. The maximum atomic E-state index is 13.6. The fraction of sp³-hybridized carbons (Fsp3) is 0.182. The number of nitrogens with one attached hydrogen (secondary N) is 2. The summed E-state index contributed by atoms with van der Waals surface area (Å²) in [5, 5.41) is 13.7. The van der Waals surface area contributed by atoms with E-state index in [4.69, 9.17) is 0 Å². The quantitative estimate of drug-likeness (QED) is 0.894. The van der Waals surface area contributed by atoms with Crippen LogP contribution < -0.4 is 10.6 Å². The van der Waals surface area contributed by atoms with Crippen LogP contribution in [0.2, 0.25) is 0 Å². The van der Waals surface area contributed by atoms with Crippen molar-refractivity contribution in [2.45, 2.75) is 6.92 Å². The largest absolute Gasteiger partial charge is 0.360 e. The number of amides is 1. The number of aromatic nitrogens is 2. The number of carbonyl (C=O) groups excluding carboxylic acids is 1. The van der Waals surface area contributed by atoms with E-state index in [9.17, 15) is 9.18 Å². The molecule has 2 rings (SSSR count). The number of nitrogens with zero attached hydrogens (tertiary/aromatic N) is 2. The molecule has 1 aromatic heterocycles. The van der Waals surface area contributed by atoms with Crippen LogP contribution in [0.4, 0.5) is 15.2 Å². The van der Waals surface area contributed by atoms with Gasteiger partial charge in [-0.05, 0) is 35.0 Å². The molecule has 0 aliphatic rings. The lowest BCUT2D eigenvalue weighted by Crippen LogP contribution is -2.13. The Morgan fingerprint density at radius 2 is 2.26 bits per heavy atom. The van der Waals surface area contributed by atoms with Crippen LogP contribution in [0.1, 0.15) is 16.7 Å². The molecule has 0 saturated heterocycles. The Bertz CT molecular complexity index is 584. The van der Waals surface area contributed by atoms with Crippen LogP contribution in [0.25, 0.3) is 0 Å². The fourth-order valence-electron chi connectivity index (χ4n) is 1.32. The van der Waals surface area contributed by atoms with Crippen molar-refractivity contribution in [3.05, 3.63) is 33.5 Å². The van der Waals surface area contributed by atoms with Gasteiger partial charge in [0, 0.05) is 11.0 Å². The number of rotatable bonds is 4. The lowest BCUT2D eigenvalue weighted by Gasteiger charge is -2.06. The molecular formula is C11H10BrFN4OS. The molecule has 8 heteroatoms. The van der Waals surface area contributed by atoms with Gasteiger partial charge in [-0.25, -0.2) is 4.39 Å². The number of para-hydroxylation sites is 1. The summed E-state index contributed by atoms with van der Waals surface area (Å²) in [6, 6.07) is 4.46. The van der Waals surface area contributed by atoms with Crippen molar-refractivity contribution >= 4 is 44.0 Å². The Labute approximate surface area is 121 Å². The minimum atomic E-state index is -0.515. The van der Waals surface area contributed by atoms with E-state index in [0.717, 1.165) is 11.3 Å². The van der Waals surface area contributed by atoms with Gasteiger partial charge in [0.1, 0.15) is 5.82 Å². The van der Waals surface area contributed by atoms with E-state index in [0.29, 0.717) is 16.1 Å². The molecule has 0 radical (unpaired) electrons. The lowest BCUT2D eigenvalue weighted by molar-refractivity contribution is 0.102. The van der Waals surface area contributed by atoms with Gasteiger partial charge in [-0.15, -0.1) is 10.2 Å². The highest BCUT2D eigenvalue weighted by Gasteiger charge is 2.16. The molecule has 1 aromatic carbocycles. The summed E-state index contributed by atoms with van der Waals surface area (Å²) >= 11 is 4.29. The van der Waals surface area contributed by atoms with Gasteiger partial charge in [0.25, 0.3) is 5.91 Å². The van der Waals surface area contributed by atoms with E-state index in [2.05, 4.69) is 36.8 Å². The first-order chi connectivity index (χ1) is 9.11. The molecule has 100 valence electrons. The van der Waals surface area contributed by atoms with Gasteiger partial charge in [-0.3, -0.25) is 4.79 Å². The molecule has 0 unspecified atom stereocenters. The third-order valence-corrected chi connectivity index (χ3v) is 3.69. The predicted molar refractivity (Wildman–Crippen MR) is 76.1 cm³/mol. The van der Waals surface area contributed by atoms with Crippen LogP contribution in [0.3, 0.4) is 0 Å². The highest BCUT2D eigenvalue weighted by molar-refractivity contribution is 9.10. The van der Waals surface area contributed by atoms with Crippen LogP contribution in [0.5, 0.6) is 0 Å². The summed E-state index contributed by atoms with van der Waals surface area (Å²) in [6.07, 6.45) is 0. The van der Waals surface area contributed by atoms with Crippen molar-refractivity contribution in [1.29, 1.82) is 0 Å². The second-order valence-electron chi connectivity index (χ2n) is 3.49. The molecule has 5 nitrogen and oxygen atoms in total. The van der Waals surface area contributed by atoms with Crippen molar-refractivity contribution in [2.24, 2.45) is 0 Å². The van der Waals surface area contributed by atoms with E-state index in [1.54, 1.807) is 12.1 Å². The number of anilines is 2. The van der Waals surface area contributed by atoms with Gasteiger partial charge in [0.2, 0.25) is 10.1 Å². The summed E-state index contributed by atoms with van der Waals surface area (Å²) in [6.45, 7) is 2.60. The van der Waals surface area contributed by atoms with Gasteiger partial charge >= 0.3 is 0 Å². The Kier molecular flexibility index (Phi) is 4.43.